The molecule has 170 valence electrons. The zero-order chi connectivity index (χ0) is 19.6. The van der Waals surface area contributed by atoms with Crippen molar-refractivity contribution in [1.29, 1.82) is 0 Å². The molecule has 0 saturated carbocycles. The van der Waals surface area contributed by atoms with Crippen LogP contribution >= 0.6 is 24.8 Å². The maximum atomic E-state index is 12.6. The van der Waals surface area contributed by atoms with Gasteiger partial charge >= 0.3 is 0 Å². The SMILES string of the molecule is CCCCCCCCCCNC(=O)[C@H](CCCCN)NCc1ccccc1.Cl.Cl. The predicted molar refractivity (Wildman–Crippen MR) is 130 cm³/mol. The highest BCUT2D eigenvalue weighted by molar-refractivity contribution is 5.85. The smallest absolute Gasteiger partial charge is 0.237 e. The van der Waals surface area contributed by atoms with Crippen molar-refractivity contribution in [1.82, 2.24) is 10.6 Å². The van der Waals surface area contributed by atoms with Gasteiger partial charge in [0.25, 0.3) is 0 Å². The third kappa shape index (κ3) is 16.7. The Kier molecular flexibility index (Phi) is 22.9. The van der Waals surface area contributed by atoms with E-state index in [1.165, 1.54) is 50.5 Å². The predicted octanol–water partition coefficient (Wildman–Crippen LogP) is 5.37. The minimum absolute atomic E-state index is 0. The van der Waals surface area contributed by atoms with Crippen LogP contribution in [0.25, 0.3) is 0 Å². The Morgan fingerprint density at radius 3 is 2.14 bits per heavy atom. The van der Waals surface area contributed by atoms with Crippen LogP contribution < -0.4 is 16.4 Å². The van der Waals surface area contributed by atoms with Crippen molar-refractivity contribution in [3.8, 4) is 0 Å². The van der Waals surface area contributed by atoms with Gasteiger partial charge in [-0.1, -0.05) is 88.6 Å². The average Bonchev–Trinajstić information content (AvgIpc) is 2.70. The summed E-state index contributed by atoms with van der Waals surface area (Å²) in [5.41, 5.74) is 6.81. The molecule has 1 aromatic rings. The van der Waals surface area contributed by atoms with Gasteiger partial charge in [0.2, 0.25) is 5.91 Å². The normalized spacial score (nSPS) is 11.2. The first kappa shape index (κ1) is 30.4. The summed E-state index contributed by atoms with van der Waals surface area (Å²) in [6.45, 7) is 4.44. The summed E-state index contributed by atoms with van der Waals surface area (Å²) < 4.78 is 0. The molecule has 0 unspecified atom stereocenters. The molecule has 1 aromatic carbocycles. The Morgan fingerprint density at radius 2 is 1.52 bits per heavy atom. The standard InChI is InChI=1S/C23H41N3O.2ClH/c1-2-3-4-5-6-7-8-14-19-25-23(27)22(17-12-13-18-24)26-20-21-15-10-9-11-16-21;;/h9-11,15-16,22,26H,2-8,12-14,17-20,24H2,1H3,(H,25,27);2*1H/t22-;;/m0../s1. The molecule has 0 spiro atoms. The Hall–Kier alpha value is -0.810. The topological polar surface area (TPSA) is 67.2 Å². The van der Waals surface area contributed by atoms with E-state index in [9.17, 15) is 4.79 Å². The Bertz CT molecular complexity index is 474. The van der Waals surface area contributed by atoms with E-state index in [1.54, 1.807) is 0 Å². The van der Waals surface area contributed by atoms with Gasteiger partial charge in [0.1, 0.15) is 0 Å². The van der Waals surface area contributed by atoms with E-state index >= 15 is 0 Å². The van der Waals surface area contributed by atoms with E-state index in [2.05, 4.69) is 29.7 Å². The maximum absolute atomic E-state index is 12.6. The molecule has 0 aliphatic rings. The van der Waals surface area contributed by atoms with E-state index in [1.807, 2.05) is 18.2 Å². The fourth-order valence-electron chi connectivity index (χ4n) is 3.25. The summed E-state index contributed by atoms with van der Waals surface area (Å²) >= 11 is 0. The lowest BCUT2D eigenvalue weighted by Gasteiger charge is -2.18. The zero-order valence-corrected chi connectivity index (χ0v) is 19.8. The summed E-state index contributed by atoms with van der Waals surface area (Å²) in [5, 5.41) is 6.55. The number of nitrogens with one attached hydrogen (secondary N) is 2. The highest BCUT2D eigenvalue weighted by Gasteiger charge is 2.16. The Labute approximate surface area is 191 Å². The van der Waals surface area contributed by atoms with Crippen LogP contribution in [0.3, 0.4) is 0 Å². The maximum Gasteiger partial charge on any atom is 0.237 e. The highest BCUT2D eigenvalue weighted by atomic mass is 35.5. The van der Waals surface area contributed by atoms with Gasteiger partial charge in [-0.05, 0) is 31.4 Å². The van der Waals surface area contributed by atoms with Crippen LogP contribution in [0.4, 0.5) is 0 Å². The second-order valence-corrected chi connectivity index (χ2v) is 7.47. The molecular formula is C23H43Cl2N3O. The molecule has 29 heavy (non-hydrogen) atoms. The number of amides is 1. The lowest BCUT2D eigenvalue weighted by molar-refractivity contribution is -0.123. The number of rotatable bonds is 17. The third-order valence-electron chi connectivity index (χ3n) is 4.99. The van der Waals surface area contributed by atoms with Crippen molar-refractivity contribution >= 4 is 30.7 Å². The molecule has 0 heterocycles. The van der Waals surface area contributed by atoms with E-state index in [0.717, 1.165) is 38.8 Å². The molecule has 0 bridgehead atoms. The molecule has 6 heteroatoms. The number of carbonyl (C=O) groups excluding carboxylic acids is 1. The minimum Gasteiger partial charge on any atom is -0.355 e. The molecular weight excluding hydrogens is 405 g/mol. The monoisotopic (exact) mass is 447 g/mol. The van der Waals surface area contributed by atoms with Crippen molar-refractivity contribution in [2.45, 2.75) is 90.1 Å². The van der Waals surface area contributed by atoms with Crippen molar-refractivity contribution in [2.24, 2.45) is 5.73 Å². The van der Waals surface area contributed by atoms with Crippen LogP contribution in [0, 0.1) is 0 Å². The summed E-state index contributed by atoms with van der Waals surface area (Å²) in [5.74, 6) is 0.130. The first-order valence-electron chi connectivity index (χ1n) is 11.0. The van der Waals surface area contributed by atoms with E-state index in [0.29, 0.717) is 6.54 Å². The third-order valence-corrected chi connectivity index (χ3v) is 4.99. The summed E-state index contributed by atoms with van der Waals surface area (Å²) in [6.07, 6.45) is 13.1. The van der Waals surface area contributed by atoms with Gasteiger partial charge in [0.15, 0.2) is 0 Å². The molecule has 0 radical (unpaired) electrons. The van der Waals surface area contributed by atoms with Gasteiger partial charge in [-0.25, -0.2) is 0 Å². The number of benzene rings is 1. The first-order valence-corrected chi connectivity index (χ1v) is 11.0. The number of hydrogen-bond donors (Lipinski definition) is 3. The molecule has 1 amide bonds. The fraction of sp³-hybridized carbons (Fsp3) is 0.696. The molecule has 0 saturated heterocycles. The molecule has 4 nitrogen and oxygen atoms in total. The van der Waals surface area contributed by atoms with Gasteiger partial charge in [-0.2, -0.15) is 0 Å². The molecule has 0 aliphatic carbocycles. The van der Waals surface area contributed by atoms with Gasteiger partial charge < -0.3 is 16.4 Å². The van der Waals surface area contributed by atoms with Crippen LogP contribution in [-0.4, -0.2) is 25.0 Å². The molecule has 1 atom stereocenters. The van der Waals surface area contributed by atoms with Crippen LogP contribution in [0.1, 0.15) is 83.1 Å². The van der Waals surface area contributed by atoms with E-state index in [4.69, 9.17) is 5.73 Å². The van der Waals surface area contributed by atoms with Crippen LogP contribution in [-0.2, 0) is 11.3 Å². The minimum atomic E-state index is -0.134. The number of nitrogens with two attached hydrogens (primary N) is 1. The summed E-state index contributed by atoms with van der Waals surface area (Å²) in [6, 6.07) is 10.1. The number of hydrogen-bond acceptors (Lipinski definition) is 3. The largest absolute Gasteiger partial charge is 0.355 e. The van der Waals surface area contributed by atoms with Crippen LogP contribution in [0.5, 0.6) is 0 Å². The second kappa shape index (κ2) is 21.9. The number of carbonyl (C=O) groups is 1. The quantitative estimate of drug-likeness (QED) is 0.281. The Balaban J connectivity index is 0. The second-order valence-electron chi connectivity index (χ2n) is 7.47. The first-order chi connectivity index (χ1) is 13.3. The molecule has 0 aliphatic heterocycles. The van der Waals surface area contributed by atoms with Gasteiger partial charge in [-0.3, -0.25) is 4.79 Å². The highest BCUT2D eigenvalue weighted by Crippen LogP contribution is 2.08. The Morgan fingerprint density at radius 1 is 0.897 bits per heavy atom. The van der Waals surface area contributed by atoms with E-state index in [-0.39, 0.29) is 36.8 Å². The lowest BCUT2D eigenvalue weighted by Crippen LogP contribution is -2.44. The number of unbranched alkanes of at least 4 members (excludes halogenated alkanes) is 8. The van der Waals surface area contributed by atoms with Gasteiger partial charge in [0.05, 0.1) is 6.04 Å². The average molecular weight is 449 g/mol. The van der Waals surface area contributed by atoms with Crippen molar-refractivity contribution in [3.05, 3.63) is 35.9 Å². The molecule has 0 aromatic heterocycles. The van der Waals surface area contributed by atoms with E-state index < -0.39 is 0 Å². The molecule has 4 N–H and O–H groups in total. The van der Waals surface area contributed by atoms with Crippen molar-refractivity contribution in [2.75, 3.05) is 13.1 Å². The van der Waals surface area contributed by atoms with Crippen LogP contribution in [0.2, 0.25) is 0 Å². The van der Waals surface area contributed by atoms with Crippen molar-refractivity contribution < 1.29 is 4.79 Å². The number of halogens is 2. The zero-order valence-electron chi connectivity index (χ0n) is 18.2. The van der Waals surface area contributed by atoms with Crippen molar-refractivity contribution in [3.63, 3.8) is 0 Å². The van der Waals surface area contributed by atoms with Crippen LogP contribution in [0.15, 0.2) is 30.3 Å². The molecule has 1 rings (SSSR count). The van der Waals surface area contributed by atoms with Gasteiger partial charge in [0, 0.05) is 13.1 Å². The summed E-state index contributed by atoms with van der Waals surface area (Å²) in [7, 11) is 0. The molecule has 0 fully saturated rings. The summed E-state index contributed by atoms with van der Waals surface area (Å²) in [4.78, 5) is 12.6. The fourth-order valence-corrected chi connectivity index (χ4v) is 3.25. The van der Waals surface area contributed by atoms with Gasteiger partial charge in [-0.15, -0.1) is 24.8 Å². The lowest BCUT2D eigenvalue weighted by atomic mass is 10.1.